The lowest BCUT2D eigenvalue weighted by Crippen LogP contribution is -2.33. The monoisotopic (exact) mass is 252 g/mol. The number of hydrogen-bond donors (Lipinski definition) is 1. The van der Waals surface area contributed by atoms with Crippen LogP contribution in [-0.4, -0.2) is 29.7 Å². The molecular formula is C13H20N2O3. The van der Waals surface area contributed by atoms with Crippen molar-refractivity contribution in [2.75, 3.05) is 13.2 Å². The molecule has 100 valence electrons. The average molecular weight is 252 g/mol. The second-order valence-electron chi connectivity index (χ2n) is 4.26. The highest BCUT2D eigenvalue weighted by Gasteiger charge is 2.08. The van der Waals surface area contributed by atoms with E-state index < -0.39 is 0 Å². The Hall–Kier alpha value is -1.62. The molecule has 0 spiro atoms. The predicted molar refractivity (Wildman–Crippen MR) is 69.7 cm³/mol. The summed E-state index contributed by atoms with van der Waals surface area (Å²) in [6.07, 6.45) is 2.47. The van der Waals surface area contributed by atoms with Gasteiger partial charge in [-0.15, -0.1) is 0 Å². The van der Waals surface area contributed by atoms with Crippen molar-refractivity contribution in [1.29, 1.82) is 0 Å². The molecule has 0 saturated carbocycles. The summed E-state index contributed by atoms with van der Waals surface area (Å²) in [6.45, 7) is 5.10. The number of nitrogens with one attached hydrogen (secondary N) is 1. The molecule has 5 heteroatoms. The number of ether oxygens (including phenoxy) is 1. The molecule has 18 heavy (non-hydrogen) atoms. The van der Waals surface area contributed by atoms with Gasteiger partial charge in [-0.1, -0.05) is 6.92 Å². The molecule has 0 saturated heterocycles. The van der Waals surface area contributed by atoms with Gasteiger partial charge in [0, 0.05) is 32.5 Å². The molecule has 1 aromatic rings. The zero-order valence-corrected chi connectivity index (χ0v) is 11.1. The molecule has 1 heterocycles. The maximum Gasteiger partial charge on any atom is 0.252 e. The molecule has 0 radical (unpaired) electrons. The lowest BCUT2D eigenvalue weighted by atomic mass is 10.2. The summed E-state index contributed by atoms with van der Waals surface area (Å²) in [6, 6.07) is 2.90. The molecule has 5 nitrogen and oxygen atoms in total. The van der Waals surface area contributed by atoms with E-state index in [-0.39, 0.29) is 17.6 Å². The number of hydrogen-bond acceptors (Lipinski definition) is 3. The van der Waals surface area contributed by atoms with Gasteiger partial charge in [0.2, 0.25) is 5.56 Å². The first-order valence-corrected chi connectivity index (χ1v) is 6.11. The number of carbonyl (C=O) groups is 1. The van der Waals surface area contributed by atoms with Crippen molar-refractivity contribution in [2.24, 2.45) is 7.05 Å². The van der Waals surface area contributed by atoms with E-state index in [1.165, 1.54) is 22.9 Å². The van der Waals surface area contributed by atoms with Crippen LogP contribution in [0.2, 0.25) is 0 Å². The SMILES string of the molecule is CCCOC(C)CNC(=O)c1ccc(=O)n(C)c1. The fraction of sp³-hybridized carbons (Fsp3) is 0.538. The first-order chi connectivity index (χ1) is 8.54. The van der Waals surface area contributed by atoms with Crippen LogP contribution in [0.25, 0.3) is 0 Å². The molecule has 0 aliphatic heterocycles. The minimum absolute atomic E-state index is 0.0126. The zero-order valence-electron chi connectivity index (χ0n) is 11.1. The number of aromatic nitrogens is 1. The van der Waals surface area contributed by atoms with Crippen LogP contribution in [0.1, 0.15) is 30.6 Å². The summed E-state index contributed by atoms with van der Waals surface area (Å²) >= 11 is 0. The maximum atomic E-state index is 11.8. The Morgan fingerprint density at radius 1 is 1.50 bits per heavy atom. The van der Waals surface area contributed by atoms with Crippen LogP contribution in [0, 0.1) is 0 Å². The van der Waals surface area contributed by atoms with Gasteiger partial charge in [-0.25, -0.2) is 0 Å². The first kappa shape index (κ1) is 14.4. The van der Waals surface area contributed by atoms with Gasteiger partial charge in [-0.2, -0.15) is 0 Å². The topological polar surface area (TPSA) is 60.3 Å². The third-order valence-electron chi connectivity index (χ3n) is 2.50. The molecule has 1 N–H and O–H groups in total. The summed E-state index contributed by atoms with van der Waals surface area (Å²) in [5, 5.41) is 2.77. The number of nitrogens with zero attached hydrogens (tertiary/aromatic N) is 1. The Balaban J connectivity index is 2.50. The predicted octanol–water partition coefficient (Wildman–Crippen LogP) is 0.930. The first-order valence-electron chi connectivity index (χ1n) is 6.11. The van der Waals surface area contributed by atoms with Gasteiger partial charge in [-0.3, -0.25) is 9.59 Å². The van der Waals surface area contributed by atoms with Crippen LogP contribution in [0.15, 0.2) is 23.1 Å². The molecule has 1 atom stereocenters. The van der Waals surface area contributed by atoms with Crippen molar-refractivity contribution >= 4 is 5.91 Å². The summed E-state index contributed by atoms with van der Waals surface area (Å²) < 4.78 is 6.83. The molecular weight excluding hydrogens is 232 g/mol. The third kappa shape index (κ3) is 4.33. The highest BCUT2D eigenvalue weighted by molar-refractivity contribution is 5.93. The largest absolute Gasteiger partial charge is 0.377 e. The van der Waals surface area contributed by atoms with E-state index in [1.54, 1.807) is 7.05 Å². The van der Waals surface area contributed by atoms with Crippen LogP contribution in [-0.2, 0) is 11.8 Å². The van der Waals surface area contributed by atoms with Crippen molar-refractivity contribution < 1.29 is 9.53 Å². The van der Waals surface area contributed by atoms with Crippen molar-refractivity contribution in [3.8, 4) is 0 Å². The minimum Gasteiger partial charge on any atom is -0.377 e. The second-order valence-corrected chi connectivity index (χ2v) is 4.26. The summed E-state index contributed by atoms with van der Waals surface area (Å²) in [5.41, 5.74) is 0.339. The van der Waals surface area contributed by atoms with Gasteiger partial charge in [0.25, 0.3) is 5.91 Å². The lowest BCUT2D eigenvalue weighted by Gasteiger charge is -2.13. The number of carbonyl (C=O) groups excluding carboxylic acids is 1. The van der Waals surface area contributed by atoms with Crippen molar-refractivity contribution in [1.82, 2.24) is 9.88 Å². The van der Waals surface area contributed by atoms with E-state index in [0.717, 1.165) is 6.42 Å². The normalized spacial score (nSPS) is 12.2. The van der Waals surface area contributed by atoms with Gasteiger partial charge in [-0.05, 0) is 19.4 Å². The molecule has 1 unspecified atom stereocenters. The Kier molecular flexibility index (Phi) is 5.58. The number of rotatable bonds is 6. The molecule has 1 aromatic heterocycles. The number of pyridine rings is 1. The van der Waals surface area contributed by atoms with Crippen molar-refractivity contribution in [3.05, 3.63) is 34.2 Å². The second kappa shape index (κ2) is 6.96. The molecule has 0 fully saturated rings. The molecule has 0 aromatic carbocycles. The molecule has 1 amide bonds. The Labute approximate surface area is 107 Å². The number of amides is 1. The summed E-state index contributed by atoms with van der Waals surface area (Å²) in [5.74, 6) is -0.197. The average Bonchev–Trinajstić information content (AvgIpc) is 2.36. The third-order valence-corrected chi connectivity index (χ3v) is 2.50. The molecule has 1 rings (SSSR count). The number of aryl methyl sites for hydroxylation is 1. The highest BCUT2D eigenvalue weighted by Crippen LogP contribution is 1.96. The van der Waals surface area contributed by atoms with E-state index in [9.17, 15) is 9.59 Å². The van der Waals surface area contributed by atoms with Gasteiger partial charge < -0.3 is 14.6 Å². The quantitative estimate of drug-likeness (QED) is 0.819. The fourth-order valence-electron chi connectivity index (χ4n) is 1.44. The smallest absolute Gasteiger partial charge is 0.252 e. The Morgan fingerprint density at radius 2 is 2.22 bits per heavy atom. The van der Waals surface area contributed by atoms with E-state index in [2.05, 4.69) is 5.32 Å². The lowest BCUT2D eigenvalue weighted by molar-refractivity contribution is 0.0622. The van der Waals surface area contributed by atoms with Crippen molar-refractivity contribution in [2.45, 2.75) is 26.4 Å². The zero-order chi connectivity index (χ0) is 13.5. The van der Waals surface area contributed by atoms with E-state index in [0.29, 0.717) is 18.7 Å². The van der Waals surface area contributed by atoms with Crippen LogP contribution in [0.3, 0.4) is 0 Å². The van der Waals surface area contributed by atoms with Crippen LogP contribution >= 0.6 is 0 Å². The van der Waals surface area contributed by atoms with E-state index >= 15 is 0 Å². The van der Waals surface area contributed by atoms with Gasteiger partial charge in [0.1, 0.15) is 0 Å². The van der Waals surface area contributed by atoms with Crippen LogP contribution in [0.5, 0.6) is 0 Å². The standard InChI is InChI=1S/C13H20N2O3/c1-4-7-18-10(2)8-14-13(17)11-5-6-12(16)15(3)9-11/h5-6,9-10H,4,7-8H2,1-3H3,(H,14,17). The summed E-state index contributed by atoms with van der Waals surface area (Å²) in [4.78, 5) is 23.0. The molecule has 0 bridgehead atoms. The van der Waals surface area contributed by atoms with Crippen LogP contribution < -0.4 is 10.9 Å². The van der Waals surface area contributed by atoms with Gasteiger partial charge in [0.05, 0.1) is 11.7 Å². The molecule has 0 aliphatic rings. The van der Waals surface area contributed by atoms with Crippen molar-refractivity contribution in [3.63, 3.8) is 0 Å². The van der Waals surface area contributed by atoms with Gasteiger partial charge >= 0.3 is 0 Å². The van der Waals surface area contributed by atoms with Crippen LogP contribution in [0.4, 0.5) is 0 Å². The minimum atomic E-state index is -0.197. The summed E-state index contributed by atoms with van der Waals surface area (Å²) in [7, 11) is 1.62. The van der Waals surface area contributed by atoms with Gasteiger partial charge in [0.15, 0.2) is 0 Å². The fourth-order valence-corrected chi connectivity index (χ4v) is 1.44. The van der Waals surface area contributed by atoms with E-state index in [4.69, 9.17) is 4.74 Å². The molecule has 0 aliphatic carbocycles. The maximum absolute atomic E-state index is 11.8. The Morgan fingerprint density at radius 3 is 2.83 bits per heavy atom. The Bertz CT molecular complexity index is 454. The van der Waals surface area contributed by atoms with E-state index in [1.807, 2.05) is 13.8 Å². The highest BCUT2D eigenvalue weighted by atomic mass is 16.5.